The van der Waals surface area contributed by atoms with E-state index in [2.05, 4.69) is 10.5 Å². The number of carbonyl (C=O) groups is 1. The normalized spacial score (nSPS) is 10.7. The maximum Gasteiger partial charge on any atom is 0.240 e. The van der Waals surface area contributed by atoms with Crippen LogP contribution in [0.5, 0.6) is 11.5 Å². The van der Waals surface area contributed by atoms with E-state index in [1.54, 1.807) is 36.4 Å². The first-order valence-corrected chi connectivity index (χ1v) is 8.50. The maximum absolute atomic E-state index is 13.7. The van der Waals surface area contributed by atoms with E-state index in [4.69, 9.17) is 9.47 Å². The third kappa shape index (κ3) is 5.88. The third-order valence-corrected chi connectivity index (χ3v) is 3.69. The van der Waals surface area contributed by atoms with Gasteiger partial charge in [0.05, 0.1) is 13.3 Å². The lowest BCUT2D eigenvalue weighted by Crippen LogP contribution is -2.16. The van der Waals surface area contributed by atoms with E-state index in [0.29, 0.717) is 23.5 Å². The van der Waals surface area contributed by atoms with Gasteiger partial charge < -0.3 is 9.47 Å². The summed E-state index contributed by atoms with van der Waals surface area (Å²) in [6.07, 6.45) is 3.79. The monoisotopic (exact) mass is 358 g/mol. The zero-order valence-corrected chi connectivity index (χ0v) is 15.0. The Labute approximate surface area is 152 Å². The third-order valence-electron chi connectivity index (χ3n) is 3.69. The van der Waals surface area contributed by atoms with Crippen molar-refractivity contribution in [1.82, 2.24) is 5.43 Å². The first-order chi connectivity index (χ1) is 12.6. The molecule has 0 atom stereocenters. The fraction of sp³-hybridized carbons (Fsp3) is 0.300. The molecule has 2 rings (SSSR count). The first kappa shape index (κ1) is 19.4. The molecular weight excluding hydrogens is 335 g/mol. The van der Waals surface area contributed by atoms with Gasteiger partial charge in [-0.15, -0.1) is 0 Å². The number of methoxy groups -OCH3 is 1. The van der Waals surface area contributed by atoms with Gasteiger partial charge >= 0.3 is 0 Å². The molecule has 0 fully saturated rings. The summed E-state index contributed by atoms with van der Waals surface area (Å²) in [4.78, 5) is 11.5. The van der Waals surface area contributed by atoms with Gasteiger partial charge in [0.25, 0.3) is 0 Å². The van der Waals surface area contributed by atoms with Crippen molar-refractivity contribution >= 4 is 12.1 Å². The molecular formula is C20H23FN2O3. The van der Waals surface area contributed by atoms with Crippen molar-refractivity contribution in [3.8, 4) is 11.5 Å². The van der Waals surface area contributed by atoms with Crippen LogP contribution in [0.3, 0.4) is 0 Å². The number of amides is 1. The predicted octanol–water partition coefficient (Wildman–Crippen LogP) is 4.05. The Bertz CT molecular complexity index is 762. The summed E-state index contributed by atoms with van der Waals surface area (Å²) in [5, 5.41) is 3.93. The highest BCUT2D eigenvalue weighted by molar-refractivity contribution is 5.83. The van der Waals surface area contributed by atoms with Crippen LogP contribution in [0.2, 0.25) is 0 Å². The Hall–Kier alpha value is -2.89. The molecule has 1 N–H and O–H groups in total. The number of ether oxygens (including phenoxy) is 2. The minimum absolute atomic E-state index is 0.101. The number of carbonyl (C=O) groups excluding carboxylic acids is 1. The smallest absolute Gasteiger partial charge is 0.240 e. The van der Waals surface area contributed by atoms with Crippen LogP contribution in [0.25, 0.3) is 0 Å². The van der Waals surface area contributed by atoms with Gasteiger partial charge in [0.15, 0.2) is 11.5 Å². The number of benzene rings is 2. The van der Waals surface area contributed by atoms with Gasteiger partial charge in [-0.25, -0.2) is 9.82 Å². The lowest BCUT2D eigenvalue weighted by atomic mass is 10.2. The number of nitrogens with zero attached hydrogens (tertiary/aromatic N) is 1. The van der Waals surface area contributed by atoms with Gasteiger partial charge in [-0.3, -0.25) is 4.79 Å². The van der Waals surface area contributed by atoms with Gasteiger partial charge in [0.2, 0.25) is 5.91 Å². The first-order valence-electron chi connectivity index (χ1n) is 8.50. The van der Waals surface area contributed by atoms with Gasteiger partial charge in [-0.2, -0.15) is 5.10 Å². The van der Waals surface area contributed by atoms with E-state index in [1.165, 1.54) is 19.4 Å². The zero-order chi connectivity index (χ0) is 18.8. The lowest BCUT2D eigenvalue weighted by Gasteiger charge is -2.11. The standard InChI is InChI=1S/C20H23FN2O3/c1-3-4-9-20(24)23-22-13-15-10-11-18(19(12-15)25-2)26-14-16-7-5-6-8-17(16)21/h5-8,10-13H,3-4,9,14H2,1-2H3,(H,23,24)/b22-13+. The molecule has 2 aromatic rings. The quantitative estimate of drug-likeness (QED) is 0.543. The van der Waals surface area contributed by atoms with Gasteiger partial charge in [-0.05, 0) is 36.2 Å². The van der Waals surface area contributed by atoms with E-state index in [1.807, 2.05) is 6.92 Å². The molecule has 0 aliphatic rings. The fourth-order valence-corrected chi connectivity index (χ4v) is 2.23. The molecule has 0 radical (unpaired) electrons. The molecule has 1 amide bonds. The van der Waals surface area contributed by atoms with E-state index in [-0.39, 0.29) is 18.3 Å². The van der Waals surface area contributed by atoms with Crippen molar-refractivity contribution in [2.75, 3.05) is 7.11 Å². The van der Waals surface area contributed by atoms with Gasteiger partial charge in [0, 0.05) is 12.0 Å². The Morgan fingerprint density at radius 2 is 2.04 bits per heavy atom. The Kier molecular flexibility index (Phi) is 7.61. The van der Waals surface area contributed by atoms with Crippen molar-refractivity contribution in [2.24, 2.45) is 5.10 Å². The van der Waals surface area contributed by atoms with Crippen LogP contribution in [0.15, 0.2) is 47.6 Å². The van der Waals surface area contributed by atoms with Gasteiger partial charge in [0.1, 0.15) is 12.4 Å². The van der Waals surface area contributed by atoms with Crippen LogP contribution < -0.4 is 14.9 Å². The largest absolute Gasteiger partial charge is 0.493 e. The van der Waals surface area contributed by atoms with Crippen LogP contribution in [0.1, 0.15) is 37.3 Å². The lowest BCUT2D eigenvalue weighted by molar-refractivity contribution is -0.121. The van der Waals surface area contributed by atoms with Crippen LogP contribution in [-0.2, 0) is 11.4 Å². The molecule has 0 saturated carbocycles. The number of hydrogen-bond donors (Lipinski definition) is 1. The van der Waals surface area contributed by atoms with E-state index in [9.17, 15) is 9.18 Å². The average Bonchev–Trinajstić information content (AvgIpc) is 2.66. The predicted molar refractivity (Wildman–Crippen MR) is 99.0 cm³/mol. The van der Waals surface area contributed by atoms with Crippen molar-refractivity contribution < 1.29 is 18.7 Å². The Morgan fingerprint density at radius 1 is 1.23 bits per heavy atom. The van der Waals surface area contributed by atoms with Crippen molar-refractivity contribution in [2.45, 2.75) is 32.8 Å². The molecule has 2 aromatic carbocycles. The second-order valence-corrected chi connectivity index (χ2v) is 5.69. The van der Waals surface area contributed by atoms with E-state index < -0.39 is 0 Å². The molecule has 0 spiro atoms. The average molecular weight is 358 g/mol. The zero-order valence-electron chi connectivity index (χ0n) is 15.0. The van der Waals surface area contributed by atoms with Crippen molar-refractivity contribution in [3.63, 3.8) is 0 Å². The Morgan fingerprint density at radius 3 is 2.77 bits per heavy atom. The second-order valence-electron chi connectivity index (χ2n) is 5.69. The molecule has 0 aliphatic carbocycles. The number of hydrogen-bond acceptors (Lipinski definition) is 4. The number of nitrogens with one attached hydrogen (secondary N) is 1. The number of unbranched alkanes of at least 4 members (excludes halogenated alkanes) is 1. The maximum atomic E-state index is 13.7. The molecule has 0 heterocycles. The van der Waals surface area contributed by atoms with E-state index in [0.717, 1.165) is 18.4 Å². The molecule has 26 heavy (non-hydrogen) atoms. The highest BCUT2D eigenvalue weighted by Gasteiger charge is 2.07. The summed E-state index contributed by atoms with van der Waals surface area (Å²) < 4.78 is 24.6. The van der Waals surface area contributed by atoms with Crippen LogP contribution in [0.4, 0.5) is 4.39 Å². The molecule has 0 aliphatic heterocycles. The van der Waals surface area contributed by atoms with Gasteiger partial charge in [-0.1, -0.05) is 31.5 Å². The van der Waals surface area contributed by atoms with Crippen molar-refractivity contribution in [1.29, 1.82) is 0 Å². The summed E-state index contributed by atoms with van der Waals surface area (Å²) >= 11 is 0. The number of halogens is 1. The summed E-state index contributed by atoms with van der Waals surface area (Å²) in [6, 6.07) is 11.7. The molecule has 138 valence electrons. The number of rotatable bonds is 9. The summed E-state index contributed by atoms with van der Waals surface area (Å²) in [5.74, 6) is 0.580. The highest BCUT2D eigenvalue weighted by Crippen LogP contribution is 2.28. The molecule has 6 heteroatoms. The molecule has 0 bridgehead atoms. The van der Waals surface area contributed by atoms with Crippen LogP contribution in [0, 0.1) is 5.82 Å². The summed E-state index contributed by atoms with van der Waals surface area (Å²) in [7, 11) is 1.53. The fourth-order valence-electron chi connectivity index (χ4n) is 2.23. The Balaban J connectivity index is 1.98. The van der Waals surface area contributed by atoms with Crippen LogP contribution in [-0.4, -0.2) is 19.2 Å². The summed E-state index contributed by atoms with van der Waals surface area (Å²) in [6.45, 7) is 2.13. The highest BCUT2D eigenvalue weighted by atomic mass is 19.1. The number of hydrazone groups is 1. The van der Waals surface area contributed by atoms with Crippen molar-refractivity contribution in [3.05, 3.63) is 59.4 Å². The molecule has 0 aromatic heterocycles. The second kappa shape index (κ2) is 10.2. The van der Waals surface area contributed by atoms with E-state index >= 15 is 0 Å². The minimum atomic E-state index is -0.311. The molecule has 5 nitrogen and oxygen atoms in total. The van der Waals surface area contributed by atoms with Crippen LogP contribution >= 0.6 is 0 Å². The molecule has 0 saturated heterocycles. The minimum Gasteiger partial charge on any atom is -0.493 e. The SMILES string of the molecule is CCCCC(=O)N/N=C/c1ccc(OCc2ccccc2F)c(OC)c1. The topological polar surface area (TPSA) is 59.9 Å². The summed E-state index contributed by atoms with van der Waals surface area (Å²) in [5.41, 5.74) is 3.70. The molecule has 0 unspecified atom stereocenters.